The molecule has 12 nitrogen and oxygen atoms in total. The number of benzene rings is 1. The first kappa shape index (κ1) is 32.5. The van der Waals surface area contributed by atoms with Gasteiger partial charge in [0.1, 0.15) is 30.0 Å². The lowest BCUT2D eigenvalue weighted by Crippen LogP contribution is -2.61. The smallest absolute Gasteiger partial charge is 0.255 e. The topological polar surface area (TPSA) is 158 Å². The number of carbonyl (C=O) groups is 5. The van der Waals surface area contributed by atoms with Crippen molar-refractivity contribution in [1.82, 2.24) is 31.5 Å². The van der Waals surface area contributed by atoms with E-state index in [0.29, 0.717) is 13.0 Å². The fraction of sp³-hybridized carbons (Fsp3) is 0.607. The van der Waals surface area contributed by atoms with Gasteiger partial charge in [-0.1, -0.05) is 26.0 Å². The summed E-state index contributed by atoms with van der Waals surface area (Å²) in [5.74, 6) is -2.70. The van der Waals surface area contributed by atoms with Gasteiger partial charge in [-0.15, -0.1) is 0 Å². The molecule has 5 amide bonds. The molecule has 0 radical (unpaired) electrons. The van der Waals surface area contributed by atoms with E-state index in [1.807, 2.05) is 19.0 Å². The van der Waals surface area contributed by atoms with E-state index in [-0.39, 0.29) is 23.8 Å². The van der Waals surface area contributed by atoms with Crippen molar-refractivity contribution in [2.45, 2.75) is 71.1 Å². The van der Waals surface area contributed by atoms with Crippen LogP contribution in [0.15, 0.2) is 24.3 Å². The molecule has 222 valence electrons. The Hall–Kier alpha value is -3.67. The maximum Gasteiger partial charge on any atom is 0.255 e. The predicted octanol–water partition coefficient (Wildman–Crippen LogP) is 0.176. The van der Waals surface area contributed by atoms with E-state index >= 15 is 0 Å². The van der Waals surface area contributed by atoms with E-state index in [2.05, 4.69) is 26.6 Å². The van der Waals surface area contributed by atoms with E-state index in [0.717, 1.165) is 6.54 Å². The van der Waals surface area contributed by atoms with Crippen LogP contribution in [0.5, 0.6) is 5.75 Å². The highest BCUT2D eigenvalue weighted by atomic mass is 16.5. The number of ether oxygens (including phenoxy) is 1. The maximum atomic E-state index is 13.3. The molecule has 0 saturated heterocycles. The quantitative estimate of drug-likeness (QED) is 0.311. The summed E-state index contributed by atoms with van der Waals surface area (Å²) >= 11 is 0. The van der Waals surface area contributed by atoms with Crippen LogP contribution in [0.2, 0.25) is 0 Å². The van der Waals surface area contributed by atoms with Crippen molar-refractivity contribution >= 4 is 29.5 Å². The van der Waals surface area contributed by atoms with Gasteiger partial charge in [-0.25, -0.2) is 0 Å². The van der Waals surface area contributed by atoms with Gasteiger partial charge in [0.15, 0.2) is 0 Å². The first-order valence-corrected chi connectivity index (χ1v) is 13.6. The molecular weight excluding hydrogens is 516 g/mol. The zero-order chi connectivity index (χ0) is 30.0. The molecule has 0 unspecified atom stereocenters. The SMILES string of the molecule is CC(C)[C@H]1NC(=O)C(C)(C)NC(=O)C[C@@H](C(=O)NCCCN(C)C)NC(=O)c2ccccc2OC[C@H](C)NC1=O. The highest BCUT2D eigenvalue weighted by molar-refractivity contribution is 6.01. The standard InChI is InChI=1S/C28H44N6O6/c1-17(2)23-26(38)30-18(3)16-40-21-12-9-8-11-19(21)24(36)31-20(25(37)29-13-10-14-34(6)7)15-22(35)33-28(4,5)27(39)32-23/h8-9,11-12,17-18,20,23H,10,13-16H2,1-7H3,(H,29,37)(H,30,38)(H,31,36)(H,32,39)(H,33,35)/t18-,20-,23+/m0/s1. The van der Waals surface area contributed by atoms with Crippen molar-refractivity contribution < 1.29 is 28.7 Å². The van der Waals surface area contributed by atoms with Gasteiger partial charge in [0, 0.05) is 6.54 Å². The summed E-state index contributed by atoms with van der Waals surface area (Å²) in [7, 11) is 3.84. The summed E-state index contributed by atoms with van der Waals surface area (Å²) in [6.07, 6.45) is 0.271. The highest BCUT2D eigenvalue weighted by Gasteiger charge is 2.36. The number of para-hydroxylation sites is 1. The number of carbonyl (C=O) groups excluding carboxylic acids is 5. The number of hydrogen-bond donors (Lipinski definition) is 5. The van der Waals surface area contributed by atoms with Crippen LogP contribution in [-0.4, -0.2) is 91.9 Å². The minimum atomic E-state index is -1.41. The second-order valence-corrected chi connectivity index (χ2v) is 11.3. The summed E-state index contributed by atoms with van der Waals surface area (Å²) in [5.41, 5.74) is -1.23. The summed E-state index contributed by atoms with van der Waals surface area (Å²) in [4.78, 5) is 67.6. The first-order valence-electron chi connectivity index (χ1n) is 13.6. The molecule has 0 spiro atoms. The monoisotopic (exact) mass is 560 g/mol. The maximum absolute atomic E-state index is 13.3. The third-order valence-electron chi connectivity index (χ3n) is 6.36. The van der Waals surface area contributed by atoms with Crippen molar-refractivity contribution in [1.29, 1.82) is 0 Å². The highest BCUT2D eigenvalue weighted by Crippen LogP contribution is 2.19. The van der Waals surface area contributed by atoms with Crippen molar-refractivity contribution in [2.24, 2.45) is 5.92 Å². The average Bonchev–Trinajstić information content (AvgIpc) is 2.86. The Labute approximate surface area is 236 Å². The first-order chi connectivity index (χ1) is 18.7. The van der Waals surface area contributed by atoms with Crippen LogP contribution in [-0.2, 0) is 19.2 Å². The zero-order valence-electron chi connectivity index (χ0n) is 24.6. The molecule has 1 aliphatic heterocycles. The number of fused-ring (bicyclic) bond motifs is 1. The second-order valence-electron chi connectivity index (χ2n) is 11.3. The predicted molar refractivity (Wildman–Crippen MR) is 151 cm³/mol. The van der Waals surface area contributed by atoms with E-state index in [4.69, 9.17) is 4.74 Å². The van der Waals surface area contributed by atoms with Gasteiger partial charge in [-0.2, -0.15) is 0 Å². The zero-order valence-corrected chi connectivity index (χ0v) is 24.6. The number of amides is 5. The van der Waals surface area contributed by atoms with E-state index in [1.165, 1.54) is 13.8 Å². The van der Waals surface area contributed by atoms with Crippen LogP contribution in [0.1, 0.15) is 57.8 Å². The second kappa shape index (κ2) is 14.6. The normalized spacial score (nSPS) is 22.7. The molecule has 1 aliphatic rings. The lowest BCUT2D eigenvalue weighted by Gasteiger charge is -2.30. The Balaban J connectivity index is 2.39. The van der Waals surface area contributed by atoms with Gasteiger partial charge < -0.3 is 36.2 Å². The van der Waals surface area contributed by atoms with E-state index in [9.17, 15) is 24.0 Å². The third kappa shape index (κ3) is 9.82. The molecule has 0 saturated carbocycles. The molecule has 40 heavy (non-hydrogen) atoms. The van der Waals surface area contributed by atoms with Gasteiger partial charge >= 0.3 is 0 Å². The molecular formula is C28H44N6O6. The van der Waals surface area contributed by atoms with Crippen LogP contribution in [0, 0.1) is 5.92 Å². The van der Waals surface area contributed by atoms with Crippen LogP contribution in [0.25, 0.3) is 0 Å². The number of nitrogens with one attached hydrogen (secondary N) is 5. The van der Waals surface area contributed by atoms with Crippen molar-refractivity contribution in [3.05, 3.63) is 29.8 Å². The molecule has 2 rings (SSSR count). The van der Waals surface area contributed by atoms with Crippen LogP contribution < -0.4 is 31.3 Å². The number of rotatable bonds is 6. The largest absolute Gasteiger partial charge is 0.491 e. The van der Waals surface area contributed by atoms with Gasteiger partial charge in [-0.3, -0.25) is 24.0 Å². The summed E-state index contributed by atoms with van der Waals surface area (Å²) in [6, 6.07) is 4.00. The fourth-order valence-electron chi connectivity index (χ4n) is 4.04. The Morgan fingerprint density at radius 1 is 1.10 bits per heavy atom. The van der Waals surface area contributed by atoms with E-state index < -0.39 is 59.6 Å². The van der Waals surface area contributed by atoms with Gasteiger partial charge in [0.25, 0.3) is 5.91 Å². The molecule has 1 aromatic rings. The molecule has 0 aromatic heterocycles. The number of hydrogen-bond acceptors (Lipinski definition) is 7. The minimum absolute atomic E-state index is 0.0517. The molecule has 0 bridgehead atoms. The number of nitrogens with zero attached hydrogens (tertiary/aromatic N) is 1. The van der Waals surface area contributed by atoms with Gasteiger partial charge in [-0.05, 0) is 65.9 Å². The summed E-state index contributed by atoms with van der Waals surface area (Å²) < 4.78 is 5.87. The fourth-order valence-corrected chi connectivity index (χ4v) is 4.04. The third-order valence-corrected chi connectivity index (χ3v) is 6.36. The van der Waals surface area contributed by atoms with Crippen LogP contribution in [0.4, 0.5) is 0 Å². The minimum Gasteiger partial charge on any atom is -0.491 e. The Kier molecular flexibility index (Phi) is 11.9. The summed E-state index contributed by atoms with van der Waals surface area (Å²) in [5, 5.41) is 13.6. The molecule has 1 aromatic carbocycles. The Bertz CT molecular complexity index is 1070. The van der Waals surface area contributed by atoms with Gasteiger partial charge in [0.05, 0.1) is 18.0 Å². The van der Waals surface area contributed by atoms with Crippen molar-refractivity contribution in [3.63, 3.8) is 0 Å². The van der Waals surface area contributed by atoms with Crippen LogP contribution in [0.3, 0.4) is 0 Å². The molecule has 0 fully saturated rings. The van der Waals surface area contributed by atoms with Crippen molar-refractivity contribution in [3.8, 4) is 5.75 Å². The van der Waals surface area contributed by atoms with Gasteiger partial charge in [0.2, 0.25) is 23.6 Å². The molecule has 1 heterocycles. The Morgan fingerprint density at radius 2 is 1.77 bits per heavy atom. The molecule has 0 aliphatic carbocycles. The van der Waals surface area contributed by atoms with E-state index in [1.54, 1.807) is 45.0 Å². The Morgan fingerprint density at radius 3 is 2.42 bits per heavy atom. The molecule has 12 heteroatoms. The summed E-state index contributed by atoms with van der Waals surface area (Å²) in [6.45, 7) is 9.51. The van der Waals surface area contributed by atoms with Crippen LogP contribution >= 0.6 is 0 Å². The average molecular weight is 561 g/mol. The molecule has 3 atom stereocenters. The molecule has 5 N–H and O–H groups in total. The lowest BCUT2D eigenvalue weighted by molar-refractivity contribution is -0.136. The lowest BCUT2D eigenvalue weighted by atomic mass is 9.98. The van der Waals surface area contributed by atoms with Crippen molar-refractivity contribution in [2.75, 3.05) is 33.8 Å².